The zero-order chi connectivity index (χ0) is 8.95. The second kappa shape index (κ2) is 22.5. The van der Waals surface area contributed by atoms with Crippen molar-refractivity contribution in [2.45, 2.75) is 47.0 Å². The first-order valence-corrected chi connectivity index (χ1v) is 4.36. The summed E-state index contributed by atoms with van der Waals surface area (Å²) in [7, 11) is 0. The Balaban J connectivity index is -0.000000104. The van der Waals surface area contributed by atoms with Crippen molar-refractivity contribution < 1.29 is 21.1 Å². The standard InChI is InChI=1S/C5H7.2C3H7.W.2H/c1-2-4-5-3-1;2*1-3-2;;;/h1H,2,4-5H2;2*3H,1-2H3;;;/q3*-1;;;. The van der Waals surface area contributed by atoms with Crippen molar-refractivity contribution in [3.63, 3.8) is 0 Å². The predicted molar refractivity (Wildman–Crippen MR) is 55.8 cm³/mol. The van der Waals surface area contributed by atoms with Crippen molar-refractivity contribution in [3.05, 3.63) is 25.0 Å². The van der Waals surface area contributed by atoms with Gasteiger partial charge in [-0.1, -0.05) is 12.8 Å². The van der Waals surface area contributed by atoms with E-state index >= 15 is 0 Å². The maximum atomic E-state index is 3.10. The normalized spacial score (nSPS) is 11.7. The zero-order valence-corrected chi connectivity index (χ0v) is 12.4. The van der Waals surface area contributed by atoms with Crippen LogP contribution in [-0.2, 0) is 21.1 Å². The molecular formula is C11H23W-3. The predicted octanol–water partition coefficient (Wildman–Crippen LogP) is 3.45. The summed E-state index contributed by atoms with van der Waals surface area (Å²) in [5, 5.41) is 0. The van der Waals surface area contributed by atoms with E-state index < -0.39 is 0 Å². The van der Waals surface area contributed by atoms with Crippen LogP contribution in [0.15, 0.2) is 6.08 Å². The molecule has 12 heavy (non-hydrogen) atoms. The summed E-state index contributed by atoms with van der Waals surface area (Å²) in [5.41, 5.74) is 0. The summed E-state index contributed by atoms with van der Waals surface area (Å²) in [6, 6.07) is 0. The van der Waals surface area contributed by atoms with E-state index in [9.17, 15) is 0 Å². The van der Waals surface area contributed by atoms with Gasteiger partial charge in [0, 0.05) is 0 Å². The summed E-state index contributed by atoms with van der Waals surface area (Å²) >= 11 is 0. The molecule has 0 aliphatic heterocycles. The Bertz CT molecular complexity index is 59.4. The van der Waals surface area contributed by atoms with Gasteiger partial charge >= 0.3 is 21.1 Å². The Morgan fingerprint density at radius 3 is 1.58 bits per heavy atom. The molecular weight excluding hydrogens is 316 g/mol. The van der Waals surface area contributed by atoms with E-state index in [4.69, 9.17) is 0 Å². The van der Waals surface area contributed by atoms with Crippen LogP contribution in [0.4, 0.5) is 0 Å². The van der Waals surface area contributed by atoms with Gasteiger partial charge in [-0.05, 0) is 0 Å². The van der Waals surface area contributed by atoms with Gasteiger partial charge in [0.05, 0.1) is 0 Å². The third-order valence-electron chi connectivity index (χ3n) is 0.814. The van der Waals surface area contributed by atoms with Crippen LogP contribution < -0.4 is 0 Å². The number of hydrogen-bond donors (Lipinski definition) is 0. The second-order valence-electron chi connectivity index (χ2n) is 2.46. The summed E-state index contributed by atoms with van der Waals surface area (Å²) in [4.78, 5) is 0. The van der Waals surface area contributed by atoms with Crippen molar-refractivity contribution in [2.75, 3.05) is 0 Å². The molecule has 0 unspecified atom stereocenters. The second-order valence-corrected chi connectivity index (χ2v) is 2.46. The monoisotopic (exact) mass is 339 g/mol. The van der Waals surface area contributed by atoms with E-state index in [1.165, 1.54) is 19.3 Å². The van der Waals surface area contributed by atoms with E-state index in [2.05, 4.69) is 12.2 Å². The van der Waals surface area contributed by atoms with Crippen LogP contribution in [-0.4, -0.2) is 0 Å². The van der Waals surface area contributed by atoms with E-state index in [1.807, 2.05) is 40.5 Å². The molecule has 1 aliphatic carbocycles. The molecule has 0 fully saturated rings. The van der Waals surface area contributed by atoms with Crippen molar-refractivity contribution in [2.24, 2.45) is 0 Å². The van der Waals surface area contributed by atoms with Gasteiger partial charge in [0.2, 0.25) is 0 Å². The molecule has 0 radical (unpaired) electrons. The fourth-order valence-electron chi connectivity index (χ4n) is 0.510. The van der Waals surface area contributed by atoms with Crippen LogP contribution in [0.1, 0.15) is 47.0 Å². The Hall–Kier alpha value is 0.428. The molecule has 0 aromatic carbocycles. The number of allylic oxidation sites excluding steroid dienone is 2. The molecule has 76 valence electrons. The van der Waals surface area contributed by atoms with E-state index in [1.54, 1.807) is 0 Å². The van der Waals surface area contributed by atoms with Crippen LogP contribution in [0, 0.1) is 18.9 Å². The first-order chi connectivity index (χ1) is 5.33. The van der Waals surface area contributed by atoms with Gasteiger partial charge in [-0.15, -0.1) is 0 Å². The minimum absolute atomic E-state index is 0. The minimum atomic E-state index is 0. The molecule has 0 aromatic rings. The summed E-state index contributed by atoms with van der Waals surface area (Å²) < 4.78 is 0. The third-order valence-corrected chi connectivity index (χ3v) is 0.814. The summed E-state index contributed by atoms with van der Waals surface area (Å²) in [6.45, 7) is 8.00. The van der Waals surface area contributed by atoms with Gasteiger partial charge in [-0.2, -0.15) is 34.1 Å². The molecule has 1 heteroatoms. The molecule has 0 nitrogen and oxygen atoms in total. The Morgan fingerprint density at radius 2 is 1.50 bits per heavy atom. The van der Waals surface area contributed by atoms with Crippen molar-refractivity contribution in [1.82, 2.24) is 0 Å². The summed E-state index contributed by atoms with van der Waals surface area (Å²) in [6.07, 6.45) is 13.0. The average Bonchev–Trinajstić information content (AvgIpc) is 2.44. The Morgan fingerprint density at radius 1 is 1.08 bits per heavy atom. The topological polar surface area (TPSA) is 0 Å². The first-order valence-electron chi connectivity index (χ1n) is 4.36. The fourth-order valence-corrected chi connectivity index (χ4v) is 0.510. The van der Waals surface area contributed by atoms with Crippen LogP contribution in [0.25, 0.3) is 0 Å². The fraction of sp³-hybridized carbons (Fsp3) is 0.636. The third kappa shape index (κ3) is 31.5. The zero-order valence-electron chi connectivity index (χ0n) is 8.85. The molecule has 0 atom stereocenters. The van der Waals surface area contributed by atoms with Gasteiger partial charge in [0.15, 0.2) is 0 Å². The van der Waals surface area contributed by atoms with E-state index in [0.717, 1.165) is 0 Å². The molecule has 0 saturated carbocycles. The van der Waals surface area contributed by atoms with Crippen LogP contribution >= 0.6 is 0 Å². The summed E-state index contributed by atoms with van der Waals surface area (Å²) in [5.74, 6) is 0. The molecule has 1 aliphatic rings. The van der Waals surface area contributed by atoms with Gasteiger partial charge in [-0.25, -0.2) is 0 Å². The first kappa shape index (κ1) is 18.3. The van der Waals surface area contributed by atoms with E-state index in [0.29, 0.717) is 0 Å². The molecule has 0 bridgehead atoms. The molecule has 0 heterocycles. The molecule has 0 amide bonds. The van der Waals surface area contributed by atoms with Crippen LogP contribution in [0.2, 0.25) is 0 Å². The van der Waals surface area contributed by atoms with Crippen molar-refractivity contribution >= 4 is 0 Å². The SMILES string of the molecule is C[CH-]C.C[CH-]C.[C-]1=CCCC1.[WH2]. The van der Waals surface area contributed by atoms with Gasteiger partial charge in [-0.3, -0.25) is 6.08 Å². The number of hydrogen-bond acceptors (Lipinski definition) is 0. The van der Waals surface area contributed by atoms with Crippen LogP contribution in [0.5, 0.6) is 0 Å². The molecule has 0 spiro atoms. The molecule has 0 N–H and O–H groups in total. The Labute approximate surface area is 93.1 Å². The molecule has 0 saturated heterocycles. The molecule has 0 aromatic heterocycles. The van der Waals surface area contributed by atoms with Crippen molar-refractivity contribution in [1.29, 1.82) is 0 Å². The Kier molecular flexibility index (Phi) is 34.3. The van der Waals surface area contributed by atoms with E-state index in [-0.39, 0.29) is 21.1 Å². The van der Waals surface area contributed by atoms with Crippen molar-refractivity contribution in [3.8, 4) is 0 Å². The van der Waals surface area contributed by atoms with Gasteiger partial charge < -0.3 is 18.9 Å². The van der Waals surface area contributed by atoms with Gasteiger partial charge in [0.25, 0.3) is 0 Å². The molecule has 1 rings (SSSR count). The van der Waals surface area contributed by atoms with Crippen LogP contribution in [0.3, 0.4) is 0 Å². The van der Waals surface area contributed by atoms with Gasteiger partial charge in [0.1, 0.15) is 0 Å². The number of rotatable bonds is 0. The average molecular weight is 339 g/mol. The maximum absolute atomic E-state index is 3.10. The quantitative estimate of drug-likeness (QED) is 0.593.